The second kappa shape index (κ2) is 8.69. The van der Waals surface area contributed by atoms with Crippen molar-refractivity contribution in [2.24, 2.45) is 0 Å². The molecule has 4 rings (SSSR count). The van der Waals surface area contributed by atoms with Gasteiger partial charge in [0, 0.05) is 24.4 Å². The number of rotatable bonds is 7. The number of benzene rings is 1. The van der Waals surface area contributed by atoms with E-state index < -0.39 is 0 Å². The maximum absolute atomic E-state index is 13.3. The van der Waals surface area contributed by atoms with E-state index in [9.17, 15) is 4.39 Å². The Bertz CT molecular complexity index is 1170. The van der Waals surface area contributed by atoms with Crippen LogP contribution >= 0.6 is 0 Å². The summed E-state index contributed by atoms with van der Waals surface area (Å²) in [7, 11) is 3.96. The standard InChI is InChI=1S/C23H24FN5O2/c1-14-11-21(31-28-14)19-12-25-23(27-22(19)18-9-10-30-15(18)2)26-13-20(29(3)4)16-5-7-17(24)8-6-16/h5-12,20H,13H2,1-4H3,(H,25,26,27)/t20-/m0/s1. The van der Waals surface area contributed by atoms with Crippen molar-refractivity contribution in [1.82, 2.24) is 20.0 Å². The molecule has 31 heavy (non-hydrogen) atoms. The third kappa shape index (κ3) is 4.49. The summed E-state index contributed by atoms with van der Waals surface area (Å²) in [6, 6.07) is 10.2. The molecular weight excluding hydrogens is 397 g/mol. The van der Waals surface area contributed by atoms with E-state index in [0.29, 0.717) is 23.9 Å². The molecule has 3 aromatic heterocycles. The normalized spacial score (nSPS) is 12.3. The summed E-state index contributed by atoms with van der Waals surface area (Å²) in [5, 5.41) is 7.29. The van der Waals surface area contributed by atoms with E-state index in [1.54, 1.807) is 24.6 Å². The number of likely N-dealkylation sites (N-methyl/N-ethyl adjacent to an activating group) is 1. The number of hydrogen-bond acceptors (Lipinski definition) is 7. The van der Waals surface area contributed by atoms with Crippen molar-refractivity contribution in [2.45, 2.75) is 19.9 Å². The summed E-state index contributed by atoms with van der Waals surface area (Å²) in [5.41, 5.74) is 4.07. The number of nitrogens with zero attached hydrogens (tertiary/aromatic N) is 4. The summed E-state index contributed by atoms with van der Waals surface area (Å²) in [6.45, 7) is 4.29. The summed E-state index contributed by atoms with van der Waals surface area (Å²) < 4.78 is 24.3. The van der Waals surface area contributed by atoms with E-state index >= 15 is 0 Å². The van der Waals surface area contributed by atoms with E-state index in [1.807, 2.05) is 40.1 Å². The molecule has 0 unspecified atom stereocenters. The Labute approximate surface area is 179 Å². The number of halogens is 1. The third-order valence-electron chi connectivity index (χ3n) is 5.13. The van der Waals surface area contributed by atoms with Crippen LogP contribution in [-0.4, -0.2) is 40.7 Å². The van der Waals surface area contributed by atoms with Crippen LogP contribution in [0.5, 0.6) is 0 Å². The molecule has 160 valence electrons. The highest BCUT2D eigenvalue weighted by atomic mass is 19.1. The number of furan rings is 1. The molecule has 7 nitrogen and oxygen atoms in total. The van der Waals surface area contributed by atoms with E-state index in [2.05, 4.69) is 20.4 Å². The predicted octanol–water partition coefficient (Wildman–Crippen LogP) is 4.86. The van der Waals surface area contributed by atoms with Crippen molar-refractivity contribution in [1.29, 1.82) is 0 Å². The lowest BCUT2D eigenvalue weighted by Crippen LogP contribution is -2.27. The lowest BCUT2D eigenvalue weighted by molar-refractivity contribution is 0.311. The van der Waals surface area contributed by atoms with Crippen LogP contribution in [-0.2, 0) is 0 Å². The van der Waals surface area contributed by atoms with Crippen LogP contribution in [0.4, 0.5) is 10.3 Å². The highest BCUT2D eigenvalue weighted by Gasteiger charge is 2.19. The Hall–Kier alpha value is -3.52. The summed E-state index contributed by atoms with van der Waals surface area (Å²) in [6.07, 6.45) is 3.35. The molecule has 1 aromatic carbocycles. The Morgan fingerprint density at radius 2 is 1.87 bits per heavy atom. The Kier molecular flexibility index (Phi) is 5.81. The molecule has 1 atom stereocenters. The van der Waals surface area contributed by atoms with Crippen molar-refractivity contribution >= 4 is 5.95 Å². The van der Waals surface area contributed by atoms with Crippen molar-refractivity contribution in [2.75, 3.05) is 26.0 Å². The van der Waals surface area contributed by atoms with Crippen LogP contribution in [0.1, 0.15) is 23.1 Å². The van der Waals surface area contributed by atoms with Gasteiger partial charge in [0.2, 0.25) is 5.95 Å². The van der Waals surface area contributed by atoms with Gasteiger partial charge in [-0.3, -0.25) is 0 Å². The minimum absolute atomic E-state index is 0.0138. The first-order valence-electron chi connectivity index (χ1n) is 9.93. The van der Waals surface area contributed by atoms with E-state index in [1.165, 1.54) is 12.1 Å². The van der Waals surface area contributed by atoms with Gasteiger partial charge in [0.1, 0.15) is 11.6 Å². The van der Waals surface area contributed by atoms with Gasteiger partial charge in [-0.25, -0.2) is 14.4 Å². The number of aryl methyl sites for hydroxylation is 2. The average Bonchev–Trinajstić information content (AvgIpc) is 3.37. The molecule has 0 aliphatic carbocycles. The molecule has 0 spiro atoms. The van der Waals surface area contributed by atoms with Crippen molar-refractivity contribution < 1.29 is 13.3 Å². The fraction of sp³-hybridized carbons (Fsp3) is 0.261. The largest absolute Gasteiger partial charge is 0.469 e. The van der Waals surface area contributed by atoms with Crippen LogP contribution in [0.2, 0.25) is 0 Å². The van der Waals surface area contributed by atoms with E-state index in [4.69, 9.17) is 13.9 Å². The van der Waals surface area contributed by atoms with Gasteiger partial charge >= 0.3 is 0 Å². The van der Waals surface area contributed by atoms with Crippen LogP contribution < -0.4 is 5.32 Å². The average molecular weight is 421 g/mol. The van der Waals surface area contributed by atoms with E-state index in [-0.39, 0.29) is 11.9 Å². The number of hydrogen-bond donors (Lipinski definition) is 1. The molecule has 0 radical (unpaired) electrons. The topological polar surface area (TPSA) is 80.2 Å². The zero-order chi connectivity index (χ0) is 22.0. The second-order valence-electron chi connectivity index (χ2n) is 7.59. The third-order valence-corrected chi connectivity index (χ3v) is 5.13. The summed E-state index contributed by atoms with van der Waals surface area (Å²) in [4.78, 5) is 11.3. The molecule has 0 aliphatic heterocycles. The van der Waals surface area contributed by atoms with Gasteiger partial charge in [0.15, 0.2) is 5.76 Å². The monoisotopic (exact) mass is 421 g/mol. The zero-order valence-corrected chi connectivity index (χ0v) is 17.9. The first-order chi connectivity index (χ1) is 14.9. The Balaban J connectivity index is 1.64. The summed E-state index contributed by atoms with van der Waals surface area (Å²) in [5.74, 6) is 1.57. The van der Waals surface area contributed by atoms with Gasteiger partial charge < -0.3 is 19.2 Å². The SMILES string of the molecule is Cc1cc(-c2cnc(NC[C@@H](c3ccc(F)cc3)N(C)C)nc2-c2ccoc2C)on1. The van der Waals surface area contributed by atoms with Crippen LogP contribution in [0.25, 0.3) is 22.6 Å². The van der Waals surface area contributed by atoms with Crippen LogP contribution in [0.3, 0.4) is 0 Å². The van der Waals surface area contributed by atoms with Gasteiger partial charge in [0.25, 0.3) is 0 Å². The number of anilines is 1. The molecule has 1 N–H and O–H groups in total. The minimum Gasteiger partial charge on any atom is -0.469 e. The molecule has 0 aliphatic rings. The molecule has 4 aromatic rings. The van der Waals surface area contributed by atoms with E-state index in [0.717, 1.165) is 28.1 Å². The van der Waals surface area contributed by atoms with Gasteiger partial charge in [-0.15, -0.1) is 0 Å². The van der Waals surface area contributed by atoms with Gasteiger partial charge in [-0.1, -0.05) is 17.3 Å². The lowest BCUT2D eigenvalue weighted by atomic mass is 10.1. The highest BCUT2D eigenvalue weighted by molar-refractivity contribution is 5.79. The fourth-order valence-electron chi connectivity index (χ4n) is 3.45. The first kappa shape index (κ1) is 20.7. The maximum atomic E-state index is 13.3. The van der Waals surface area contributed by atoms with Crippen LogP contribution in [0, 0.1) is 19.7 Å². The Morgan fingerprint density at radius 1 is 1.10 bits per heavy atom. The van der Waals surface area contributed by atoms with Crippen molar-refractivity contribution in [3.8, 4) is 22.6 Å². The van der Waals surface area contributed by atoms with Crippen molar-refractivity contribution in [3.63, 3.8) is 0 Å². The molecule has 0 amide bonds. The first-order valence-corrected chi connectivity index (χ1v) is 9.93. The predicted molar refractivity (Wildman–Crippen MR) is 116 cm³/mol. The maximum Gasteiger partial charge on any atom is 0.223 e. The van der Waals surface area contributed by atoms with Gasteiger partial charge in [-0.2, -0.15) is 0 Å². The summed E-state index contributed by atoms with van der Waals surface area (Å²) >= 11 is 0. The number of nitrogens with one attached hydrogen (secondary N) is 1. The second-order valence-corrected chi connectivity index (χ2v) is 7.59. The van der Waals surface area contributed by atoms with Crippen LogP contribution in [0.15, 0.2) is 57.8 Å². The molecule has 3 heterocycles. The molecule has 8 heteroatoms. The smallest absolute Gasteiger partial charge is 0.223 e. The van der Waals surface area contributed by atoms with Crippen molar-refractivity contribution in [3.05, 3.63) is 71.7 Å². The Morgan fingerprint density at radius 3 is 2.48 bits per heavy atom. The minimum atomic E-state index is -0.254. The molecule has 0 fully saturated rings. The number of aromatic nitrogens is 3. The molecule has 0 saturated carbocycles. The highest BCUT2D eigenvalue weighted by Crippen LogP contribution is 2.33. The van der Waals surface area contributed by atoms with Gasteiger partial charge in [-0.05, 0) is 51.7 Å². The van der Waals surface area contributed by atoms with Gasteiger partial charge in [0.05, 0.1) is 29.3 Å². The molecular formula is C23H24FN5O2. The quantitative estimate of drug-likeness (QED) is 0.456. The molecule has 0 bridgehead atoms. The fourth-order valence-corrected chi connectivity index (χ4v) is 3.45. The zero-order valence-electron chi connectivity index (χ0n) is 17.9. The molecule has 0 saturated heterocycles. The lowest BCUT2D eigenvalue weighted by Gasteiger charge is -2.25.